The third-order valence-corrected chi connectivity index (χ3v) is 4.04. The van der Waals surface area contributed by atoms with Gasteiger partial charge in [0.05, 0.1) is 6.54 Å². The second kappa shape index (κ2) is 3.32. The molecule has 0 aromatic carbocycles. The molecule has 80 valence electrons. The summed E-state index contributed by atoms with van der Waals surface area (Å²) in [5, 5.41) is 3.29. The summed E-state index contributed by atoms with van der Waals surface area (Å²) in [7, 11) is 0. The zero-order valence-electron chi connectivity index (χ0n) is 8.69. The number of aryl methyl sites for hydroxylation is 1. The van der Waals surface area contributed by atoms with Gasteiger partial charge in [0.25, 0.3) is 0 Å². The Morgan fingerprint density at radius 1 is 1.47 bits per heavy atom. The van der Waals surface area contributed by atoms with Crippen LogP contribution in [0.4, 0.5) is 0 Å². The minimum absolute atomic E-state index is 0.142. The maximum Gasteiger partial charge on any atom is 0.238 e. The minimum atomic E-state index is 0.142. The summed E-state index contributed by atoms with van der Waals surface area (Å²) in [6, 6.07) is 4.75. The number of rotatable bonds is 2. The van der Waals surface area contributed by atoms with Crippen molar-refractivity contribution in [3.8, 4) is 0 Å². The Kier molecular flexibility index (Phi) is 2.07. The van der Waals surface area contributed by atoms with Crippen LogP contribution in [-0.2, 0) is 4.79 Å². The molecular weight excluding hydrogens is 208 g/mol. The topological polar surface area (TPSA) is 32.3 Å². The van der Waals surface area contributed by atoms with Crippen molar-refractivity contribution in [1.29, 1.82) is 0 Å². The zero-order chi connectivity index (χ0) is 10.4. The third kappa shape index (κ3) is 1.58. The van der Waals surface area contributed by atoms with Gasteiger partial charge in [0, 0.05) is 15.8 Å². The molecule has 2 fully saturated rings. The Balaban J connectivity index is 1.88. The summed E-state index contributed by atoms with van der Waals surface area (Å²) < 4.78 is 0. The first kappa shape index (κ1) is 9.36. The maximum atomic E-state index is 11.7. The van der Waals surface area contributed by atoms with Gasteiger partial charge in [-0.3, -0.25) is 10.1 Å². The van der Waals surface area contributed by atoms with E-state index >= 15 is 0 Å². The van der Waals surface area contributed by atoms with Crippen molar-refractivity contribution in [2.75, 3.05) is 6.54 Å². The number of hydrogen-bond acceptors (Lipinski definition) is 3. The number of nitrogens with one attached hydrogen (secondary N) is 1. The lowest BCUT2D eigenvalue weighted by molar-refractivity contribution is -0.128. The summed E-state index contributed by atoms with van der Waals surface area (Å²) in [4.78, 5) is 16.3. The lowest BCUT2D eigenvalue weighted by Gasteiger charge is -2.22. The second-order valence-corrected chi connectivity index (χ2v) is 5.58. The zero-order valence-corrected chi connectivity index (χ0v) is 9.51. The monoisotopic (exact) mass is 222 g/mol. The highest BCUT2D eigenvalue weighted by Gasteiger charge is 2.42. The highest BCUT2D eigenvalue weighted by molar-refractivity contribution is 7.12. The van der Waals surface area contributed by atoms with Gasteiger partial charge >= 0.3 is 0 Å². The summed E-state index contributed by atoms with van der Waals surface area (Å²) in [6.07, 6.45) is 2.49. The SMILES string of the molecule is Cc1ccc(C2NCC(=O)N2C2CC2)s1. The Bertz CT molecular complexity index is 397. The van der Waals surface area contributed by atoms with E-state index in [2.05, 4.69) is 24.4 Å². The summed E-state index contributed by atoms with van der Waals surface area (Å²) >= 11 is 1.78. The molecular formula is C11H14N2OS. The molecule has 0 bridgehead atoms. The van der Waals surface area contributed by atoms with E-state index in [1.807, 2.05) is 4.90 Å². The molecule has 0 radical (unpaired) electrons. The van der Waals surface area contributed by atoms with Gasteiger partial charge in [-0.25, -0.2) is 0 Å². The van der Waals surface area contributed by atoms with Crippen molar-refractivity contribution in [3.05, 3.63) is 21.9 Å². The first-order valence-electron chi connectivity index (χ1n) is 5.36. The fourth-order valence-electron chi connectivity index (χ4n) is 2.12. The van der Waals surface area contributed by atoms with Crippen molar-refractivity contribution in [3.63, 3.8) is 0 Å². The fraction of sp³-hybridized carbons (Fsp3) is 0.545. The van der Waals surface area contributed by atoms with Gasteiger partial charge in [0.1, 0.15) is 6.17 Å². The molecule has 1 aliphatic carbocycles. The summed E-state index contributed by atoms with van der Waals surface area (Å²) in [6.45, 7) is 2.60. The number of carbonyl (C=O) groups is 1. The van der Waals surface area contributed by atoms with Crippen LogP contribution < -0.4 is 5.32 Å². The van der Waals surface area contributed by atoms with Gasteiger partial charge < -0.3 is 4.90 Å². The highest BCUT2D eigenvalue weighted by atomic mass is 32.1. The number of hydrogen-bond donors (Lipinski definition) is 1. The number of nitrogens with zero attached hydrogens (tertiary/aromatic N) is 1. The molecule has 1 N–H and O–H groups in total. The van der Waals surface area contributed by atoms with Crippen molar-refractivity contribution in [2.24, 2.45) is 0 Å². The van der Waals surface area contributed by atoms with E-state index in [-0.39, 0.29) is 12.1 Å². The third-order valence-electron chi connectivity index (χ3n) is 2.98. The highest BCUT2D eigenvalue weighted by Crippen LogP contribution is 2.37. The molecule has 1 unspecified atom stereocenters. The Labute approximate surface area is 93.1 Å². The Morgan fingerprint density at radius 2 is 2.27 bits per heavy atom. The van der Waals surface area contributed by atoms with E-state index in [9.17, 15) is 4.79 Å². The molecule has 1 amide bonds. The number of thiophene rings is 1. The van der Waals surface area contributed by atoms with Gasteiger partial charge in [0.15, 0.2) is 0 Å². The lowest BCUT2D eigenvalue weighted by Crippen LogP contribution is -2.31. The molecule has 2 aliphatic rings. The van der Waals surface area contributed by atoms with Crippen LogP contribution in [0, 0.1) is 6.92 Å². The van der Waals surface area contributed by atoms with Crippen LogP contribution in [0.2, 0.25) is 0 Å². The van der Waals surface area contributed by atoms with Gasteiger partial charge in [-0.05, 0) is 31.9 Å². The van der Waals surface area contributed by atoms with Crippen LogP contribution in [0.3, 0.4) is 0 Å². The van der Waals surface area contributed by atoms with Crippen LogP contribution in [0.25, 0.3) is 0 Å². The normalized spacial score (nSPS) is 26.3. The fourth-order valence-corrected chi connectivity index (χ4v) is 3.08. The number of carbonyl (C=O) groups excluding carboxylic acids is 1. The second-order valence-electron chi connectivity index (χ2n) is 4.26. The average molecular weight is 222 g/mol. The standard InChI is InChI=1S/C11H14N2OS/c1-7-2-5-9(15-7)11-12-6-10(14)13(11)8-3-4-8/h2,5,8,11-12H,3-4,6H2,1H3. The van der Waals surface area contributed by atoms with E-state index in [0.29, 0.717) is 12.6 Å². The molecule has 3 rings (SSSR count). The van der Waals surface area contributed by atoms with Crippen molar-refractivity contribution in [2.45, 2.75) is 32.0 Å². The first-order chi connectivity index (χ1) is 7.25. The molecule has 1 saturated heterocycles. The van der Waals surface area contributed by atoms with E-state index in [4.69, 9.17) is 0 Å². The summed E-state index contributed by atoms with van der Waals surface area (Å²) in [5.41, 5.74) is 0. The maximum absolute atomic E-state index is 11.7. The smallest absolute Gasteiger partial charge is 0.238 e. The quantitative estimate of drug-likeness (QED) is 0.825. The molecule has 1 aliphatic heterocycles. The molecule has 1 saturated carbocycles. The van der Waals surface area contributed by atoms with E-state index in [0.717, 1.165) is 0 Å². The Morgan fingerprint density at radius 3 is 2.87 bits per heavy atom. The Hall–Kier alpha value is -0.870. The molecule has 1 aromatic heterocycles. The average Bonchev–Trinajstić information content (AvgIpc) is 2.84. The molecule has 0 spiro atoms. The molecule has 3 nitrogen and oxygen atoms in total. The van der Waals surface area contributed by atoms with Crippen LogP contribution >= 0.6 is 11.3 Å². The lowest BCUT2D eigenvalue weighted by atomic mass is 10.3. The van der Waals surface area contributed by atoms with Gasteiger partial charge in [-0.1, -0.05) is 0 Å². The van der Waals surface area contributed by atoms with Crippen molar-refractivity contribution < 1.29 is 4.79 Å². The molecule has 15 heavy (non-hydrogen) atoms. The van der Waals surface area contributed by atoms with E-state index in [1.165, 1.54) is 22.6 Å². The van der Waals surface area contributed by atoms with Gasteiger partial charge in [-0.15, -0.1) is 11.3 Å². The molecule has 1 atom stereocenters. The van der Waals surface area contributed by atoms with Crippen LogP contribution in [-0.4, -0.2) is 23.4 Å². The molecule has 4 heteroatoms. The summed E-state index contributed by atoms with van der Waals surface area (Å²) in [5.74, 6) is 0.258. The van der Waals surface area contributed by atoms with Gasteiger partial charge in [0.2, 0.25) is 5.91 Å². The van der Waals surface area contributed by atoms with E-state index in [1.54, 1.807) is 11.3 Å². The first-order valence-corrected chi connectivity index (χ1v) is 6.18. The van der Waals surface area contributed by atoms with Crippen molar-refractivity contribution in [1.82, 2.24) is 10.2 Å². The van der Waals surface area contributed by atoms with Gasteiger partial charge in [-0.2, -0.15) is 0 Å². The van der Waals surface area contributed by atoms with Crippen LogP contribution in [0.15, 0.2) is 12.1 Å². The minimum Gasteiger partial charge on any atom is -0.318 e. The molecule has 1 aromatic rings. The number of amides is 1. The van der Waals surface area contributed by atoms with E-state index < -0.39 is 0 Å². The largest absolute Gasteiger partial charge is 0.318 e. The predicted molar refractivity (Wildman–Crippen MR) is 59.7 cm³/mol. The predicted octanol–water partition coefficient (Wildman–Crippen LogP) is 1.65. The molecule has 2 heterocycles. The van der Waals surface area contributed by atoms with Crippen LogP contribution in [0.5, 0.6) is 0 Å². The van der Waals surface area contributed by atoms with Crippen molar-refractivity contribution >= 4 is 17.2 Å². The van der Waals surface area contributed by atoms with Crippen LogP contribution in [0.1, 0.15) is 28.8 Å².